The van der Waals surface area contributed by atoms with Crippen LogP contribution in [0, 0.1) is 6.92 Å². The van der Waals surface area contributed by atoms with E-state index in [1.807, 2.05) is 44.2 Å². The number of thiazole rings is 1. The van der Waals surface area contributed by atoms with Crippen LogP contribution in [0.25, 0.3) is 11.3 Å². The van der Waals surface area contributed by atoms with E-state index in [4.69, 9.17) is 0 Å². The fourth-order valence-corrected chi connectivity index (χ4v) is 2.47. The third-order valence-corrected chi connectivity index (χ3v) is 3.29. The summed E-state index contributed by atoms with van der Waals surface area (Å²) >= 11 is 1.43. The Labute approximate surface area is 105 Å². The first-order valence-electron chi connectivity index (χ1n) is 5.53. The van der Waals surface area contributed by atoms with Gasteiger partial charge in [0.1, 0.15) is 4.88 Å². The zero-order valence-electron chi connectivity index (χ0n) is 9.86. The highest BCUT2D eigenvalue weighted by molar-refractivity contribution is 7.14. The van der Waals surface area contributed by atoms with Gasteiger partial charge in [-0.05, 0) is 13.8 Å². The fourth-order valence-electron chi connectivity index (χ4n) is 1.61. The van der Waals surface area contributed by atoms with Gasteiger partial charge in [-0.2, -0.15) is 0 Å². The molecule has 0 aliphatic heterocycles. The van der Waals surface area contributed by atoms with Crippen molar-refractivity contribution in [2.45, 2.75) is 13.8 Å². The van der Waals surface area contributed by atoms with Crippen LogP contribution in [0.2, 0.25) is 0 Å². The number of nitrogens with one attached hydrogen (secondary N) is 1. The highest BCUT2D eigenvalue weighted by atomic mass is 32.1. The molecule has 1 heterocycles. The molecule has 3 nitrogen and oxygen atoms in total. The maximum atomic E-state index is 11.9. The summed E-state index contributed by atoms with van der Waals surface area (Å²) in [5.74, 6) is -0.0445. The van der Waals surface area contributed by atoms with Crippen molar-refractivity contribution in [3.63, 3.8) is 0 Å². The minimum absolute atomic E-state index is 0.0445. The van der Waals surface area contributed by atoms with Crippen LogP contribution in [0.5, 0.6) is 0 Å². The van der Waals surface area contributed by atoms with Crippen molar-refractivity contribution in [3.8, 4) is 11.3 Å². The number of rotatable bonds is 3. The van der Waals surface area contributed by atoms with Gasteiger partial charge in [0, 0.05) is 12.1 Å². The number of aromatic nitrogens is 1. The lowest BCUT2D eigenvalue weighted by molar-refractivity contribution is 0.0960. The molecule has 0 fully saturated rings. The number of carbonyl (C=O) groups is 1. The van der Waals surface area contributed by atoms with Crippen LogP contribution in [-0.2, 0) is 0 Å². The van der Waals surface area contributed by atoms with E-state index in [-0.39, 0.29) is 5.91 Å². The lowest BCUT2D eigenvalue weighted by atomic mass is 10.1. The van der Waals surface area contributed by atoms with Crippen molar-refractivity contribution < 1.29 is 4.79 Å². The topological polar surface area (TPSA) is 42.0 Å². The predicted octanol–water partition coefficient (Wildman–Crippen LogP) is 2.87. The van der Waals surface area contributed by atoms with E-state index in [1.54, 1.807) is 0 Å². The summed E-state index contributed by atoms with van der Waals surface area (Å²) < 4.78 is 0. The lowest BCUT2D eigenvalue weighted by Crippen LogP contribution is -2.22. The van der Waals surface area contributed by atoms with Crippen LogP contribution in [-0.4, -0.2) is 17.4 Å². The third kappa shape index (κ3) is 2.53. The zero-order chi connectivity index (χ0) is 12.3. The molecule has 0 saturated heterocycles. The molecule has 2 aromatic rings. The summed E-state index contributed by atoms with van der Waals surface area (Å²) in [5, 5.41) is 3.72. The summed E-state index contributed by atoms with van der Waals surface area (Å²) in [4.78, 5) is 17.0. The van der Waals surface area contributed by atoms with E-state index in [0.717, 1.165) is 16.3 Å². The van der Waals surface area contributed by atoms with Crippen LogP contribution in [0.3, 0.4) is 0 Å². The number of carbonyl (C=O) groups excluding carboxylic acids is 1. The molecule has 0 radical (unpaired) electrons. The summed E-state index contributed by atoms with van der Waals surface area (Å²) in [5.41, 5.74) is 1.76. The number of benzene rings is 1. The molecule has 1 aromatic heterocycles. The molecule has 2 rings (SSSR count). The Morgan fingerprint density at radius 1 is 1.35 bits per heavy atom. The monoisotopic (exact) mass is 246 g/mol. The second kappa shape index (κ2) is 5.10. The predicted molar refractivity (Wildman–Crippen MR) is 70.3 cm³/mol. The highest BCUT2D eigenvalue weighted by Crippen LogP contribution is 2.27. The van der Waals surface area contributed by atoms with E-state index in [1.165, 1.54) is 11.3 Å². The molecular weight excluding hydrogens is 232 g/mol. The SMILES string of the molecule is CCNC(=O)c1sc(C)nc1-c1ccccc1. The standard InChI is InChI=1S/C13H14N2OS/c1-3-14-13(16)12-11(15-9(2)17-12)10-7-5-4-6-8-10/h4-8H,3H2,1-2H3,(H,14,16). The third-order valence-electron chi connectivity index (χ3n) is 2.32. The van der Waals surface area contributed by atoms with E-state index in [9.17, 15) is 4.79 Å². The summed E-state index contributed by atoms with van der Waals surface area (Å²) in [6.07, 6.45) is 0. The van der Waals surface area contributed by atoms with E-state index >= 15 is 0 Å². The number of amides is 1. The summed E-state index contributed by atoms with van der Waals surface area (Å²) in [6.45, 7) is 4.46. The van der Waals surface area contributed by atoms with E-state index in [2.05, 4.69) is 10.3 Å². The first-order chi connectivity index (χ1) is 8.22. The van der Waals surface area contributed by atoms with Gasteiger partial charge in [-0.1, -0.05) is 30.3 Å². The van der Waals surface area contributed by atoms with Crippen LogP contribution >= 0.6 is 11.3 Å². The second-order valence-corrected chi connectivity index (χ2v) is 4.84. The van der Waals surface area contributed by atoms with Crippen LogP contribution < -0.4 is 5.32 Å². The van der Waals surface area contributed by atoms with Gasteiger partial charge >= 0.3 is 0 Å². The van der Waals surface area contributed by atoms with E-state index in [0.29, 0.717) is 11.4 Å². The molecule has 1 N–H and O–H groups in total. The van der Waals surface area contributed by atoms with Crippen molar-refractivity contribution in [1.29, 1.82) is 0 Å². The van der Waals surface area contributed by atoms with Gasteiger partial charge in [-0.25, -0.2) is 4.98 Å². The maximum absolute atomic E-state index is 11.9. The molecule has 1 aromatic carbocycles. The molecule has 0 aliphatic carbocycles. The van der Waals surface area contributed by atoms with Crippen LogP contribution in [0.15, 0.2) is 30.3 Å². The molecular formula is C13H14N2OS. The Morgan fingerprint density at radius 3 is 2.71 bits per heavy atom. The molecule has 0 atom stereocenters. The first kappa shape index (κ1) is 11.8. The zero-order valence-corrected chi connectivity index (χ0v) is 10.7. The summed E-state index contributed by atoms with van der Waals surface area (Å²) in [6, 6.07) is 9.79. The number of nitrogens with zero attached hydrogens (tertiary/aromatic N) is 1. The Bertz CT molecular complexity index is 519. The van der Waals surface area contributed by atoms with Gasteiger partial charge in [-0.15, -0.1) is 11.3 Å². The molecule has 0 bridgehead atoms. The summed E-state index contributed by atoms with van der Waals surface area (Å²) in [7, 11) is 0. The van der Waals surface area contributed by atoms with Crippen molar-refractivity contribution in [1.82, 2.24) is 10.3 Å². The first-order valence-corrected chi connectivity index (χ1v) is 6.35. The van der Waals surface area contributed by atoms with Gasteiger partial charge in [0.25, 0.3) is 5.91 Å². The number of aryl methyl sites for hydroxylation is 1. The number of hydrogen-bond acceptors (Lipinski definition) is 3. The Morgan fingerprint density at radius 2 is 2.06 bits per heavy atom. The van der Waals surface area contributed by atoms with E-state index < -0.39 is 0 Å². The fraction of sp³-hybridized carbons (Fsp3) is 0.231. The van der Waals surface area contributed by atoms with Crippen molar-refractivity contribution >= 4 is 17.2 Å². The maximum Gasteiger partial charge on any atom is 0.263 e. The smallest absolute Gasteiger partial charge is 0.263 e. The molecule has 4 heteroatoms. The molecule has 0 saturated carbocycles. The van der Waals surface area contributed by atoms with Gasteiger partial charge in [0.15, 0.2) is 0 Å². The molecule has 0 spiro atoms. The molecule has 0 aliphatic rings. The molecule has 88 valence electrons. The average Bonchev–Trinajstić information content (AvgIpc) is 2.73. The molecule has 17 heavy (non-hydrogen) atoms. The van der Waals surface area contributed by atoms with Gasteiger partial charge in [-0.3, -0.25) is 4.79 Å². The minimum atomic E-state index is -0.0445. The normalized spacial score (nSPS) is 10.2. The Balaban J connectivity index is 2.44. The van der Waals surface area contributed by atoms with Crippen LogP contribution in [0.4, 0.5) is 0 Å². The van der Waals surface area contributed by atoms with Crippen LogP contribution in [0.1, 0.15) is 21.6 Å². The highest BCUT2D eigenvalue weighted by Gasteiger charge is 2.17. The van der Waals surface area contributed by atoms with Gasteiger partial charge in [0.2, 0.25) is 0 Å². The molecule has 0 unspecified atom stereocenters. The van der Waals surface area contributed by atoms with Crippen molar-refractivity contribution in [2.75, 3.05) is 6.54 Å². The second-order valence-electron chi connectivity index (χ2n) is 3.64. The average molecular weight is 246 g/mol. The van der Waals surface area contributed by atoms with Crippen molar-refractivity contribution in [3.05, 3.63) is 40.2 Å². The number of hydrogen-bond donors (Lipinski definition) is 1. The lowest BCUT2D eigenvalue weighted by Gasteiger charge is -2.02. The van der Waals surface area contributed by atoms with Crippen molar-refractivity contribution in [2.24, 2.45) is 0 Å². The Hall–Kier alpha value is -1.68. The minimum Gasteiger partial charge on any atom is -0.352 e. The van der Waals surface area contributed by atoms with Gasteiger partial charge < -0.3 is 5.32 Å². The Kier molecular flexibility index (Phi) is 3.54. The molecule has 1 amide bonds. The quantitative estimate of drug-likeness (QED) is 0.904. The largest absolute Gasteiger partial charge is 0.352 e. The van der Waals surface area contributed by atoms with Gasteiger partial charge in [0.05, 0.1) is 10.7 Å².